The lowest BCUT2D eigenvalue weighted by Gasteiger charge is -2.19. The van der Waals surface area contributed by atoms with Gasteiger partial charge in [0.1, 0.15) is 18.4 Å². The zero-order valence-electron chi connectivity index (χ0n) is 11.7. The Balaban J connectivity index is 1.55. The van der Waals surface area contributed by atoms with E-state index in [0.717, 1.165) is 38.3 Å². The Morgan fingerprint density at radius 3 is 3.25 bits per heavy atom. The molecule has 0 amide bonds. The number of hydrogen-bond donors (Lipinski definition) is 1. The summed E-state index contributed by atoms with van der Waals surface area (Å²) in [5, 5.41) is 7.63. The Kier molecular flexibility index (Phi) is 3.97. The molecule has 0 spiro atoms. The number of benzene rings is 1. The van der Waals surface area contributed by atoms with Gasteiger partial charge in [-0.15, -0.1) is 0 Å². The molecular weight excluding hydrogens is 252 g/mol. The van der Waals surface area contributed by atoms with E-state index in [0.29, 0.717) is 6.04 Å². The Morgan fingerprint density at radius 2 is 2.40 bits per heavy atom. The van der Waals surface area contributed by atoms with E-state index in [9.17, 15) is 0 Å². The molecule has 1 aliphatic rings. The summed E-state index contributed by atoms with van der Waals surface area (Å²) in [7, 11) is 0. The average molecular weight is 272 g/mol. The van der Waals surface area contributed by atoms with Crippen molar-refractivity contribution in [1.29, 1.82) is 0 Å². The number of hydrogen-bond acceptors (Lipinski definition) is 4. The zero-order valence-corrected chi connectivity index (χ0v) is 11.7. The lowest BCUT2D eigenvalue weighted by molar-refractivity contribution is 0.288. The first-order chi connectivity index (χ1) is 9.81. The van der Waals surface area contributed by atoms with Crippen molar-refractivity contribution in [2.75, 3.05) is 6.61 Å². The number of aromatic nitrogens is 3. The van der Waals surface area contributed by atoms with Gasteiger partial charge in [0.05, 0.1) is 13.2 Å². The van der Waals surface area contributed by atoms with Crippen molar-refractivity contribution >= 4 is 0 Å². The van der Waals surface area contributed by atoms with Gasteiger partial charge >= 0.3 is 0 Å². The van der Waals surface area contributed by atoms with E-state index in [-0.39, 0.29) is 0 Å². The lowest BCUT2D eigenvalue weighted by Crippen LogP contribution is -2.30. The maximum Gasteiger partial charge on any atom is 0.137 e. The third-order valence-electron chi connectivity index (χ3n) is 3.56. The highest BCUT2D eigenvalue weighted by Gasteiger charge is 2.11. The second kappa shape index (κ2) is 6.05. The molecule has 0 saturated carbocycles. The van der Waals surface area contributed by atoms with Crippen LogP contribution in [0.2, 0.25) is 0 Å². The van der Waals surface area contributed by atoms with Crippen LogP contribution >= 0.6 is 0 Å². The zero-order chi connectivity index (χ0) is 13.8. The minimum absolute atomic E-state index is 0.351. The van der Waals surface area contributed by atoms with Crippen molar-refractivity contribution in [3.8, 4) is 5.75 Å². The Labute approximate surface area is 119 Å². The summed E-state index contributed by atoms with van der Waals surface area (Å²) in [4.78, 5) is 3.95. The van der Waals surface area contributed by atoms with E-state index in [2.05, 4.69) is 40.5 Å². The van der Waals surface area contributed by atoms with E-state index in [4.69, 9.17) is 4.74 Å². The first-order valence-electron chi connectivity index (χ1n) is 7.11. The molecule has 1 aromatic carbocycles. The molecular formula is C15H20N4O. The van der Waals surface area contributed by atoms with Crippen LogP contribution in [-0.4, -0.2) is 27.4 Å². The molecule has 1 aromatic heterocycles. The van der Waals surface area contributed by atoms with Crippen LogP contribution in [0.25, 0.3) is 0 Å². The van der Waals surface area contributed by atoms with Crippen LogP contribution < -0.4 is 10.1 Å². The van der Waals surface area contributed by atoms with Crippen molar-refractivity contribution < 1.29 is 4.74 Å². The molecule has 1 N–H and O–H groups in total. The molecule has 0 fully saturated rings. The van der Waals surface area contributed by atoms with Crippen molar-refractivity contribution in [2.45, 2.75) is 38.9 Å². The lowest BCUT2D eigenvalue weighted by atomic mass is 10.0. The molecule has 1 atom stereocenters. The largest absolute Gasteiger partial charge is 0.493 e. The molecule has 0 unspecified atom stereocenters. The topological polar surface area (TPSA) is 52.0 Å². The highest BCUT2D eigenvalue weighted by molar-refractivity contribution is 5.38. The molecule has 2 heterocycles. The van der Waals surface area contributed by atoms with E-state index in [1.807, 2.05) is 4.68 Å². The second-order valence-corrected chi connectivity index (χ2v) is 5.29. The summed E-state index contributed by atoms with van der Waals surface area (Å²) in [6, 6.07) is 6.83. The van der Waals surface area contributed by atoms with Gasteiger partial charge in [0.15, 0.2) is 0 Å². The van der Waals surface area contributed by atoms with Crippen molar-refractivity contribution in [3.05, 3.63) is 42.0 Å². The molecule has 106 valence electrons. The van der Waals surface area contributed by atoms with E-state index in [1.165, 1.54) is 11.1 Å². The predicted octanol–water partition coefficient (Wildman–Crippen LogP) is 1.78. The smallest absolute Gasteiger partial charge is 0.137 e. The van der Waals surface area contributed by atoms with Gasteiger partial charge in [0.2, 0.25) is 0 Å². The molecule has 5 nitrogen and oxygen atoms in total. The highest BCUT2D eigenvalue weighted by atomic mass is 16.5. The molecule has 5 heteroatoms. The van der Waals surface area contributed by atoms with Gasteiger partial charge < -0.3 is 10.1 Å². The van der Waals surface area contributed by atoms with E-state index >= 15 is 0 Å². The number of nitrogens with zero attached hydrogens (tertiary/aromatic N) is 3. The number of fused-ring (bicyclic) bond motifs is 1. The minimum Gasteiger partial charge on any atom is -0.493 e. The average Bonchev–Trinajstić information content (AvgIpc) is 2.98. The van der Waals surface area contributed by atoms with Crippen LogP contribution in [0.4, 0.5) is 0 Å². The maximum absolute atomic E-state index is 5.64. The summed E-state index contributed by atoms with van der Waals surface area (Å²) < 4.78 is 7.48. The third kappa shape index (κ3) is 3.17. The summed E-state index contributed by atoms with van der Waals surface area (Å²) in [6.07, 6.45) is 5.55. The molecule has 0 saturated heterocycles. The quantitative estimate of drug-likeness (QED) is 0.901. The van der Waals surface area contributed by atoms with Crippen molar-refractivity contribution in [2.24, 2.45) is 0 Å². The van der Waals surface area contributed by atoms with Gasteiger partial charge in [-0.25, -0.2) is 4.98 Å². The molecule has 20 heavy (non-hydrogen) atoms. The van der Waals surface area contributed by atoms with Gasteiger partial charge in [-0.3, -0.25) is 4.68 Å². The van der Waals surface area contributed by atoms with E-state index < -0.39 is 0 Å². The monoisotopic (exact) mass is 272 g/mol. The SMILES string of the molecule is C[C@@H](Cn1cncn1)NCc1ccc2c(c1)CCCO2. The fourth-order valence-corrected chi connectivity index (χ4v) is 2.49. The number of nitrogens with one attached hydrogen (secondary N) is 1. The Bertz CT molecular complexity index is 553. The van der Waals surface area contributed by atoms with Gasteiger partial charge in [-0.2, -0.15) is 5.10 Å². The molecule has 3 rings (SSSR count). The van der Waals surface area contributed by atoms with E-state index in [1.54, 1.807) is 12.7 Å². The maximum atomic E-state index is 5.64. The molecule has 2 aromatic rings. The predicted molar refractivity (Wildman–Crippen MR) is 76.6 cm³/mol. The van der Waals surface area contributed by atoms with Crippen LogP contribution in [0.5, 0.6) is 5.75 Å². The van der Waals surface area contributed by atoms with Gasteiger partial charge in [-0.05, 0) is 37.0 Å². The normalized spacial score (nSPS) is 15.4. The van der Waals surface area contributed by atoms with Crippen LogP contribution in [-0.2, 0) is 19.5 Å². The number of rotatable bonds is 5. The van der Waals surface area contributed by atoms with Crippen molar-refractivity contribution in [1.82, 2.24) is 20.1 Å². The summed E-state index contributed by atoms with van der Waals surface area (Å²) in [6.45, 7) is 4.69. The van der Waals surface area contributed by atoms with Gasteiger partial charge in [0.25, 0.3) is 0 Å². The molecule has 1 aliphatic heterocycles. The fourth-order valence-electron chi connectivity index (χ4n) is 2.49. The number of aryl methyl sites for hydroxylation is 1. The highest BCUT2D eigenvalue weighted by Crippen LogP contribution is 2.25. The molecule has 0 aliphatic carbocycles. The summed E-state index contributed by atoms with van der Waals surface area (Å²) in [5.41, 5.74) is 2.64. The van der Waals surface area contributed by atoms with Crippen molar-refractivity contribution in [3.63, 3.8) is 0 Å². The Morgan fingerprint density at radius 1 is 1.45 bits per heavy atom. The van der Waals surface area contributed by atoms with Crippen LogP contribution in [0.15, 0.2) is 30.9 Å². The molecule has 0 bridgehead atoms. The Hall–Kier alpha value is -1.88. The summed E-state index contributed by atoms with van der Waals surface area (Å²) >= 11 is 0. The molecule has 0 radical (unpaired) electrons. The first-order valence-corrected chi connectivity index (χ1v) is 7.11. The minimum atomic E-state index is 0.351. The fraction of sp³-hybridized carbons (Fsp3) is 0.467. The van der Waals surface area contributed by atoms with Crippen LogP contribution in [0, 0.1) is 0 Å². The number of ether oxygens (including phenoxy) is 1. The standard InChI is InChI=1S/C15H20N4O/c1-12(9-19-11-16-10-18-19)17-8-13-4-5-15-14(7-13)3-2-6-20-15/h4-5,7,10-12,17H,2-3,6,8-9H2,1H3/t12-/m0/s1. The van der Waals surface area contributed by atoms with Crippen LogP contribution in [0.3, 0.4) is 0 Å². The van der Waals surface area contributed by atoms with Gasteiger partial charge in [-0.1, -0.05) is 12.1 Å². The third-order valence-corrected chi connectivity index (χ3v) is 3.56. The second-order valence-electron chi connectivity index (χ2n) is 5.29. The van der Waals surface area contributed by atoms with Gasteiger partial charge in [0, 0.05) is 12.6 Å². The summed E-state index contributed by atoms with van der Waals surface area (Å²) in [5.74, 6) is 1.05. The van der Waals surface area contributed by atoms with Crippen LogP contribution in [0.1, 0.15) is 24.5 Å². The first kappa shape index (κ1) is 13.1.